The molecule has 1 unspecified atom stereocenters. The summed E-state index contributed by atoms with van der Waals surface area (Å²) in [7, 11) is 1.61. The van der Waals surface area contributed by atoms with Crippen LogP contribution in [0.25, 0.3) is 0 Å². The average Bonchev–Trinajstić information content (AvgIpc) is 2.62. The fourth-order valence-electron chi connectivity index (χ4n) is 3.17. The van der Waals surface area contributed by atoms with E-state index < -0.39 is 0 Å². The van der Waals surface area contributed by atoms with E-state index in [1.54, 1.807) is 24.1 Å². The van der Waals surface area contributed by atoms with Crippen LogP contribution in [0.3, 0.4) is 0 Å². The molecule has 0 fully saturated rings. The molecule has 2 aromatic carbocycles. The van der Waals surface area contributed by atoms with E-state index in [0.717, 1.165) is 27.7 Å². The summed E-state index contributed by atoms with van der Waals surface area (Å²) in [5, 5.41) is 0. The van der Waals surface area contributed by atoms with Crippen molar-refractivity contribution in [1.82, 2.24) is 0 Å². The van der Waals surface area contributed by atoms with E-state index in [2.05, 4.69) is 15.9 Å². The molecular formula is C20H23BrN2O4. The number of amides is 1. The number of fused-ring (bicyclic) bond motifs is 1. The Morgan fingerprint density at radius 3 is 2.78 bits per heavy atom. The fourth-order valence-corrected chi connectivity index (χ4v) is 3.58. The number of nitrogens with zero attached hydrogens (tertiary/aromatic N) is 1. The highest BCUT2D eigenvalue weighted by Gasteiger charge is 2.31. The molecule has 0 radical (unpaired) electrons. The van der Waals surface area contributed by atoms with Gasteiger partial charge in [-0.15, -0.1) is 0 Å². The Hall–Kier alpha value is -2.09. The first kappa shape index (κ1) is 19.7. The number of carbonyl (C=O) groups excluding carboxylic acids is 1. The van der Waals surface area contributed by atoms with E-state index in [4.69, 9.17) is 19.9 Å². The number of benzene rings is 2. The topological polar surface area (TPSA) is 74.0 Å². The minimum Gasteiger partial charge on any atom is -0.465 e. The van der Waals surface area contributed by atoms with Gasteiger partial charge in [-0.1, -0.05) is 15.9 Å². The molecule has 2 aromatic rings. The van der Waals surface area contributed by atoms with Gasteiger partial charge >= 0.3 is 0 Å². The van der Waals surface area contributed by atoms with Crippen LogP contribution >= 0.6 is 15.9 Å². The smallest absolute Gasteiger partial charge is 0.258 e. The molecule has 0 aliphatic carbocycles. The molecular weight excluding hydrogens is 412 g/mol. The molecule has 2 N–H and O–H groups in total. The molecule has 1 atom stereocenters. The summed E-state index contributed by atoms with van der Waals surface area (Å²) >= 11 is 3.47. The minimum absolute atomic E-state index is 0.0211. The maximum absolute atomic E-state index is 13.0. The molecule has 0 spiro atoms. The predicted octanol–water partition coefficient (Wildman–Crippen LogP) is 3.62. The van der Waals surface area contributed by atoms with Gasteiger partial charge in [0.25, 0.3) is 5.91 Å². The van der Waals surface area contributed by atoms with Gasteiger partial charge in [-0.25, -0.2) is 0 Å². The van der Waals surface area contributed by atoms with Crippen LogP contribution in [-0.2, 0) is 15.9 Å². The Balaban J connectivity index is 1.75. The van der Waals surface area contributed by atoms with Crippen molar-refractivity contribution in [1.29, 1.82) is 0 Å². The maximum atomic E-state index is 13.0. The van der Waals surface area contributed by atoms with E-state index in [9.17, 15) is 4.79 Å². The van der Waals surface area contributed by atoms with Crippen molar-refractivity contribution in [3.63, 3.8) is 0 Å². The second-order valence-corrected chi connectivity index (χ2v) is 7.33. The lowest BCUT2D eigenvalue weighted by molar-refractivity contribution is -0.00813. The van der Waals surface area contributed by atoms with Crippen molar-refractivity contribution in [2.24, 2.45) is 0 Å². The van der Waals surface area contributed by atoms with Crippen LogP contribution in [-0.4, -0.2) is 39.1 Å². The number of hydrogen-bond acceptors (Lipinski definition) is 5. The van der Waals surface area contributed by atoms with Crippen LogP contribution in [0.1, 0.15) is 22.8 Å². The first-order chi connectivity index (χ1) is 13.0. The molecule has 1 aliphatic rings. The number of nitrogen functional groups attached to an aromatic ring is 1. The first-order valence-corrected chi connectivity index (χ1v) is 9.51. The molecule has 0 bridgehead atoms. The molecule has 144 valence electrons. The summed E-state index contributed by atoms with van der Waals surface area (Å²) in [4.78, 5) is 14.8. The van der Waals surface area contributed by atoms with Crippen molar-refractivity contribution < 1.29 is 19.0 Å². The van der Waals surface area contributed by atoms with Crippen LogP contribution in [0, 0.1) is 0 Å². The molecule has 7 heteroatoms. The second-order valence-electron chi connectivity index (χ2n) is 6.42. The van der Waals surface area contributed by atoms with Gasteiger partial charge in [0.05, 0.1) is 18.9 Å². The molecule has 1 amide bonds. The Kier molecular flexibility index (Phi) is 6.36. The van der Waals surface area contributed by atoms with Crippen LogP contribution < -0.4 is 15.4 Å². The van der Waals surface area contributed by atoms with Gasteiger partial charge in [-0.3, -0.25) is 4.79 Å². The van der Waals surface area contributed by atoms with E-state index in [1.165, 1.54) is 0 Å². The number of nitrogens with two attached hydrogens (primary N) is 1. The van der Waals surface area contributed by atoms with Crippen molar-refractivity contribution in [3.8, 4) is 5.75 Å². The Labute approximate surface area is 167 Å². The summed E-state index contributed by atoms with van der Waals surface area (Å²) < 4.78 is 16.7. The zero-order chi connectivity index (χ0) is 19.4. The number of hydrogen-bond donors (Lipinski definition) is 1. The Morgan fingerprint density at radius 2 is 2.04 bits per heavy atom. The zero-order valence-corrected chi connectivity index (χ0v) is 17.0. The Bertz CT molecular complexity index is 828. The lowest BCUT2D eigenvalue weighted by Gasteiger charge is -2.35. The number of anilines is 2. The summed E-state index contributed by atoms with van der Waals surface area (Å²) in [6.45, 7) is 3.08. The molecule has 27 heavy (non-hydrogen) atoms. The van der Waals surface area contributed by atoms with Crippen LogP contribution in [0.15, 0.2) is 40.9 Å². The number of ether oxygens (including phenoxy) is 3. The van der Waals surface area contributed by atoms with Gasteiger partial charge in [-0.05, 0) is 55.3 Å². The summed E-state index contributed by atoms with van der Waals surface area (Å²) in [6, 6.07) is 11.2. The zero-order valence-electron chi connectivity index (χ0n) is 15.4. The highest BCUT2D eigenvalue weighted by atomic mass is 79.9. The van der Waals surface area contributed by atoms with E-state index in [1.807, 2.05) is 31.2 Å². The maximum Gasteiger partial charge on any atom is 0.258 e. The van der Waals surface area contributed by atoms with Crippen molar-refractivity contribution in [2.75, 3.05) is 37.8 Å². The summed E-state index contributed by atoms with van der Waals surface area (Å²) in [5.41, 5.74) is 9.12. The van der Waals surface area contributed by atoms with Gasteiger partial charge in [0, 0.05) is 28.9 Å². The third kappa shape index (κ3) is 4.43. The molecule has 3 rings (SSSR count). The van der Waals surface area contributed by atoms with Gasteiger partial charge in [0.15, 0.2) is 6.79 Å². The molecule has 0 aromatic heterocycles. The molecule has 0 saturated carbocycles. The van der Waals surface area contributed by atoms with Gasteiger partial charge in [0.1, 0.15) is 5.75 Å². The Morgan fingerprint density at radius 1 is 1.22 bits per heavy atom. The first-order valence-electron chi connectivity index (χ1n) is 8.72. The number of methoxy groups -OCH3 is 1. The molecule has 6 nitrogen and oxygen atoms in total. The van der Waals surface area contributed by atoms with E-state index in [0.29, 0.717) is 24.7 Å². The second kappa shape index (κ2) is 8.73. The number of rotatable bonds is 7. The van der Waals surface area contributed by atoms with Crippen LogP contribution in [0.4, 0.5) is 11.4 Å². The molecule has 1 heterocycles. The summed E-state index contributed by atoms with van der Waals surface area (Å²) in [5.74, 6) is 0.504. The SMILES string of the molecule is COCCOCOc1ccc(N2C(=O)c3ccc(Br)cc3CC2C)cc1N. The van der Waals surface area contributed by atoms with Crippen LogP contribution in [0.5, 0.6) is 5.75 Å². The fraction of sp³-hybridized carbons (Fsp3) is 0.350. The third-order valence-corrected chi connectivity index (χ3v) is 4.97. The normalized spacial score (nSPS) is 16.3. The van der Waals surface area contributed by atoms with Gasteiger partial charge in [0.2, 0.25) is 0 Å². The number of halogens is 1. The van der Waals surface area contributed by atoms with Gasteiger partial charge < -0.3 is 24.8 Å². The van der Waals surface area contributed by atoms with Crippen molar-refractivity contribution in [2.45, 2.75) is 19.4 Å². The van der Waals surface area contributed by atoms with Crippen molar-refractivity contribution in [3.05, 3.63) is 52.0 Å². The van der Waals surface area contributed by atoms with Crippen LogP contribution in [0.2, 0.25) is 0 Å². The standard InChI is InChI=1S/C20H23BrN2O4/c1-13-9-14-10-15(21)3-5-17(14)20(24)23(13)16-4-6-19(18(22)11-16)27-12-26-8-7-25-2/h3-6,10-11,13H,7-9,12,22H2,1-2H3. The summed E-state index contributed by atoms with van der Waals surface area (Å²) in [6.07, 6.45) is 0.784. The lowest BCUT2D eigenvalue weighted by Crippen LogP contribution is -2.44. The van der Waals surface area contributed by atoms with E-state index in [-0.39, 0.29) is 18.7 Å². The third-order valence-electron chi connectivity index (χ3n) is 4.47. The monoisotopic (exact) mass is 434 g/mol. The molecule has 0 saturated heterocycles. The minimum atomic E-state index is -0.0211. The largest absolute Gasteiger partial charge is 0.465 e. The molecule has 1 aliphatic heterocycles. The highest BCUT2D eigenvalue weighted by molar-refractivity contribution is 9.10. The predicted molar refractivity (Wildman–Crippen MR) is 108 cm³/mol. The average molecular weight is 435 g/mol. The highest BCUT2D eigenvalue weighted by Crippen LogP contribution is 2.33. The number of carbonyl (C=O) groups is 1. The lowest BCUT2D eigenvalue weighted by atomic mass is 9.93. The van der Waals surface area contributed by atoms with E-state index >= 15 is 0 Å². The quantitative estimate of drug-likeness (QED) is 0.409. The van der Waals surface area contributed by atoms with Crippen molar-refractivity contribution >= 4 is 33.2 Å². The van der Waals surface area contributed by atoms with Gasteiger partial charge in [-0.2, -0.15) is 0 Å².